The van der Waals surface area contributed by atoms with Crippen LogP contribution in [0.5, 0.6) is 0 Å². The molecule has 0 aromatic carbocycles. The summed E-state index contributed by atoms with van der Waals surface area (Å²) >= 11 is 5.32. The first-order valence-corrected chi connectivity index (χ1v) is 7.44. The van der Waals surface area contributed by atoms with Crippen LogP contribution in [0, 0.1) is 0 Å². The van der Waals surface area contributed by atoms with E-state index in [-0.39, 0.29) is 16.6 Å². The van der Waals surface area contributed by atoms with Gasteiger partial charge in [0.25, 0.3) is 0 Å². The lowest BCUT2D eigenvalue weighted by molar-refractivity contribution is -0.144. The van der Waals surface area contributed by atoms with Gasteiger partial charge in [-0.05, 0) is 6.42 Å². The lowest BCUT2D eigenvalue weighted by Crippen LogP contribution is -2.41. The minimum Gasteiger partial charge on any atom is -0.469 e. The lowest BCUT2D eigenvalue weighted by atomic mass is 10.4. The van der Waals surface area contributed by atoms with Crippen LogP contribution in [-0.4, -0.2) is 56.7 Å². The molecule has 0 aliphatic rings. The van der Waals surface area contributed by atoms with E-state index in [1.54, 1.807) is 0 Å². The number of nitrogens with zero attached hydrogens (tertiary/aromatic N) is 1. The number of methoxy groups -OCH3 is 1. The number of rotatable bonds is 8. The van der Waals surface area contributed by atoms with E-state index in [1.165, 1.54) is 0 Å². The highest BCUT2D eigenvalue weighted by Crippen LogP contribution is 2.19. The van der Waals surface area contributed by atoms with Gasteiger partial charge in [0.1, 0.15) is 6.54 Å². The molecule has 114 valence electrons. The van der Waals surface area contributed by atoms with Gasteiger partial charge in [-0.15, -0.1) is 11.6 Å². The third-order valence-electron chi connectivity index (χ3n) is 2.08. The number of carbonyl (C=O) groups is 1. The molecular formula is C9H15ClF3NO4S. The Balaban J connectivity index is 4.80. The van der Waals surface area contributed by atoms with E-state index in [1.807, 2.05) is 0 Å². The molecule has 0 unspecified atom stereocenters. The van der Waals surface area contributed by atoms with Crippen LogP contribution in [0.15, 0.2) is 0 Å². The van der Waals surface area contributed by atoms with Crippen molar-refractivity contribution in [2.24, 2.45) is 0 Å². The molecule has 0 aliphatic heterocycles. The predicted molar refractivity (Wildman–Crippen MR) is 63.4 cm³/mol. The molecule has 0 saturated carbocycles. The van der Waals surface area contributed by atoms with Crippen LogP contribution in [0.2, 0.25) is 0 Å². The fourth-order valence-electron chi connectivity index (χ4n) is 1.20. The molecule has 19 heavy (non-hydrogen) atoms. The topological polar surface area (TPSA) is 63.7 Å². The van der Waals surface area contributed by atoms with Crippen LogP contribution in [-0.2, 0) is 19.6 Å². The molecule has 10 heteroatoms. The highest BCUT2D eigenvalue weighted by molar-refractivity contribution is 7.89. The third kappa shape index (κ3) is 8.27. The van der Waals surface area contributed by atoms with Gasteiger partial charge in [-0.25, -0.2) is 8.42 Å². The smallest absolute Gasteiger partial charge is 0.402 e. The van der Waals surface area contributed by atoms with Crippen molar-refractivity contribution in [3.8, 4) is 0 Å². The summed E-state index contributed by atoms with van der Waals surface area (Å²) in [5.41, 5.74) is 0. The Morgan fingerprint density at radius 2 is 1.95 bits per heavy atom. The van der Waals surface area contributed by atoms with E-state index in [4.69, 9.17) is 11.6 Å². The Hall–Kier alpha value is -0.540. The van der Waals surface area contributed by atoms with E-state index in [0.29, 0.717) is 0 Å². The van der Waals surface area contributed by atoms with Crippen molar-refractivity contribution in [3.05, 3.63) is 0 Å². The summed E-state index contributed by atoms with van der Waals surface area (Å²) < 4.78 is 64.8. The number of carbonyl (C=O) groups excluding carboxylic acids is 1. The Bertz CT molecular complexity index is 385. The second-order valence-electron chi connectivity index (χ2n) is 3.63. The number of hydrogen-bond donors (Lipinski definition) is 0. The Morgan fingerprint density at radius 1 is 1.37 bits per heavy atom. The third-order valence-corrected chi connectivity index (χ3v) is 4.25. The SMILES string of the molecule is COC(=O)CCN(CC(F)(F)F)S(=O)(=O)CCCCl. The summed E-state index contributed by atoms with van der Waals surface area (Å²) in [7, 11) is -3.03. The molecule has 0 spiro atoms. The lowest BCUT2D eigenvalue weighted by Gasteiger charge is -2.22. The minimum atomic E-state index is -4.68. The summed E-state index contributed by atoms with van der Waals surface area (Å²) in [6.45, 7) is -2.20. The number of alkyl halides is 4. The van der Waals surface area contributed by atoms with Gasteiger partial charge in [0, 0.05) is 12.4 Å². The first-order valence-electron chi connectivity index (χ1n) is 5.29. The molecule has 0 bridgehead atoms. The van der Waals surface area contributed by atoms with Crippen molar-refractivity contribution in [2.45, 2.75) is 19.0 Å². The van der Waals surface area contributed by atoms with Crippen LogP contribution in [0.25, 0.3) is 0 Å². The Kier molecular flexibility index (Phi) is 7.68. The molecule has 5 nitrogen and oxygen atoms in total. The summed E-state index contributed by atoms with van der Waals surface area (Å²) in [6.07, 6.45) is -5.08. The quantitative estimate of drug-likeness (QED) is 0.499. The van der Waals surface area contributed by atoms with Gasteiger partial charge in [-0.3, -0.25) is 4.79 Å². The van der Waals surface area contributed by atoms with Gasteiger partial charge < -0.3 is 4.74 Å². The zero-order valence-corrected chi connectivity index (χ0v) is 11.8. The van der Waals surface area contributed by atoms with Crippen LogP contribution in [0.3, 0.4) is 0 Å². The van der Waals surface area contributed by atoms with Crippen molar-refractivity contribution >= 4 is 27.6 Å². The van der Waals surface area contributed by atoms with Gasteiger partial charge >= 0.3 is 12.1 Å². The monoisotopic (exact) mass is 325 g/mol. The van der Waals surface area contributed by atoms with E-state index >= 15 is 0 Å². The van der Waals surface area contributed by atoms with Crippen LogP contribution in [0.4, 0.5) is 13.2 Å². The first-order chi connectivity index (χ1) is 8.62. The van der Waals surface area contributed by atoms with Gasteiger partial charge in [-0.2, -0.15) is 17.5 Å². The molecule has 0 fully saturated rings. The highest BCUT2D eigenvalue weighted by Gasteiger charge is 2.36. The van der Waals surface area contributed by atoms with Crippen molar-refractivity contribution in [1.29, 1.82) is 0 Å². The van der Waals surface area contributed by atoms with Crippen LogP contribution < -0.4 is 0 Å². The van der Waals surface area contributed by atoms with Gasteiger partial charge in [0.15, 0.2) is 0 Å². The van der Waals surface area contributed by atoms with E-state index in [9.17, 15) is 26.4 Å². The molecule has 0 aliphatic carbocycles. The van der Waals surface area contributed by atoms with E-state index in [2.05, 4.69) is 4.74 Å². The van der Waals surface area contributed by atoms with Crippen LogP contribution >= 0.6 is 11.6 Å². The summed E-state index contributed by atoms with van der Waals surface area (Å²) in [4.78, 5) is 10.9. The maximum absolute atomic E-state index is 12.3. The van der Waals surface area contributed by atoms with Crippen LogP contribution in [0.1, 0.15) is 12.8 Å². The van der Waals surface area contributed by atoms with Gasteiger partial charge in [-0.1, -0.05) is 0 Å². The number of halogens is 4. The maximum atomic E-state index is 12.3. The zero-order chi connectivity index (χ0) is 15.1. The molecule has 0 aromatic heterocycles. The largest absolute Gasteiger partial charge is 0.469 e. The average molecular weight is 326 g/mol. The van der Waals surface area contributed by atoms with Crippen molar-refractivity contribution in [1.82, 2.24) is 4.31 Å². The van der Waals surface area contributed by atoms with E-state index in [0.717, 1.165) is 7.11 Å². The predicted octanol–water partition coefficient (Wildman–Crippen LogP) is 1.37. The fraction of sp³-hybridized carbons (Fsp3) is 0.889. The molecule has 0 N–H and O–H groups in total. The molecule has 0 amide bonds. The summed E-state index contributed by atoms with van der Waals surface area (Å²) in [5.74, 6) is -1.25. The van der Waals surface area contributed by atoms with E-state index < -0.39 is 47.4 Å². The minimum absolute atomic E-state index is 0.0239. The molecule has 0 atom stereocenters. The number of sulfonamides is 1. The normalized spacial score (nSPS) is 12.7. The van der Waals surface area contributed by atoms with Crippen molar-refractivity contribution < 1.29 is 31.1 Å². The summed E-state index contributed by atoms with van der Waals surface area (Å²) in [5, 5.41) is 0. The zero-order valence-electron chi connectivity index (χ0n) is 10.2. The molecule has 0 radical (unpaired) electrons. The number of hydrogen-bond acceptors (Lipinski definition) is 4. The Labute approximate surface area is 114 Å². The maximum Gasteiger partial charge on any atom is 0.402 e. The fourth-order valence-corrected chi connectivity index (χ4v) is 2.97. The highest BCUT2D eigenvalue weighted by atomic mass is 35.5. The Morgan fingerprint density at radius 3 is 2.37 bits per heavy atom. The second kappa shape index (κ2) is 7.91. The summed E-state index contributed by atoms with van der Waals surface area (Å²) in [6, 6.07) is 0. The van der Waals surface area contributed by atoms with Gasteiger partial charge in [0.05, 0.1) is 19.3 Å². The molecule has 0 heterocycles. The first kappa shape index (κ1) is 18.5. The average Bonchev–Trinajstić information content (AvgIpc) is 2.29. The van der Waals surface area contributed by atoms with Crippen molar-refractivity contribution in [2.75, 3.05) is 31.8 Å². The standard InChI is InChI=1S/C9H15ClF3NO4S/c1-18-8(15)3-5-14(7-9(11,12)13)19(16,17)6-2-4-10/h2-7H2,1H3. The molecule has 0 rings (SSSR count). The number of ether oxygens (including phenoxy) is 1. The number of esters is 1. The second-order valence-corrected chi connectivity index (χ2v) is 6.10. The molecular weight excluding hydrogens is 311 g/mol. The van der Waals surface area contributed by atoms with Crippen molar-refractivity contribution in [3.63, 3.8) is 0 Å². The molecule has 0 aromatic rings. The molecule has 0 saturated heterocycles. The van der Waals surface area contributed by atoms with Gasteiger partial charge in [0.2, 0.25) is 10.0 Å².